The topological polar surface area (TPSA) is 29.1 Å². The molecule has 1 aromatic carbocycles. The molecule has 0 aliphatic rings. The van der Waals surface area contributed by atoms with Gasteiger partial charge >= 0.3 is 0 Å². The zero-order valence-electron chi connectivity index (χ0n) is 9.34. The van der Waals surface area contributed by atoms with Crippen LogP contribution in [-0.4, -0.2) is 16.4 Å². The fraction of sp³-hybridized carbons (Fsp3) is 0.417. The van der Waals surface area contributed by atoms with Crippen LogP contribution in [0, 0.1) is 5.92 Å². The molecule has 16 heavy (non-hydrogen) atoms. The molecule has 1 atom stereocenters. The first-order valence-electron chi connectivity index (χ1n) is 5.17. The Bertz CT molecular complexity index is 368. The second-order valence-corrected chi connectivity index (χ2v) is 5.69. The van der Waals surface area contributed by atoms with Gasteiger partial charge in [0.05, 0.1) is 5.56 Å². The standard InChI is InChI=1S/C12H15BrINO/c1-8(2)11(7-14)15-12(16)9-5-3-4-6-10(9)13/h3-6,8,11H,7H2,1-2H3,(H,15,16). The Morgan fingerprint density at radius 3 is 2.56 bits per heavy atom. The highest BCUT2D eigenvalue weighted by Gasteiger charge is 2.16. The lowest BCUT2D eigenvalue weighted by Crippen LogP contribution is -2.39. The Morgan fingerprint density at radius 1 is 1.44 bits per heavy atom. The van der Waals surface area contributed by atoms with E-state index < -0.39 is 0 Å². The maximum Gasteiger partial charge on any atom is 0.252 e. The summed E-state index contributed by atoms with van der Waals surface area (Å²) in [6.45, 7) is 4.23. The predicted octanol–water partition coefficient (Wildman–Crippen LogP) is 3.64. The van der Waals surface area contributed by atoms with Crippen LogP contribution < -0.4 is 5.32 Å². The van der Waals surface area contributed by atoms with Crippen molar-refractivity contribution in [1.29, 1.82) is 0 Å². The van der Waals surface area contributed by atoms with Gasteiger partial charge in [0.1, 0.15) is 0 Å². The highest BCUT2D eigenvalue weighted by atomic mass is 127. The Hall–Kier alpha value is -0.100. The molecule has 0 aliphatic carbocycles. The molecule has 0 saturated carbocycles. The lowest BCUT2D eigenvalue weighted by atomic mass is 10.1. The number of rotatable bonds is 4. The first-order chi connectivity index (χ1) is 7.56. The highest BCUT2D eigenvalue weighted by Crippen LogP contribution is 2.16. The zero-order valence-corrected chi connectivity index (χ0v) is 13.1. The zero-order chi connectivity index (χ0) is 12.1. The van der Waals surface area contributed by atoms with Crippen molar-refractivity contribution in [2.45, 2.75) is 19.9 Å². The Morgan fingerprint density at radius 2 is 2.06 bits per heavy atom. The number of benzene rings is 1. The third-order valence-electron chi connectivity index (χ3n) is 2.41. The molecule has 0 fully saturated rings. The van der Waals surface area contributed by atoms with Crippen molar-refractivity contribution in [2.75, 3.05) is 4.43 Å². The van der Waals surface area contributed by atoms with Crippen LogP contribution in [0.2, 0.25) is 0 Å². The lowest BCUT2D eigenvalue weighted by molar-refractivity contribution is 0.0931. The minimum Gasteiger partial charge on any atom is -0.348 e. The smallest absolute Gasteiger partial charge is 0.252 e. The van der Waals surface area contributed by atoms with E-state index in [9.17, 15) is 4.79 Å². The van der Waals surface area contributed by atoms with Crippen LogP contribution in [0.25, 0.3) is 0 Å². The summed E-state index contributed by atoms with van der Waals surface area (Å²) >= 11 is 5.68. The summed E-state index contributed by atoms with van der Waals surface area (Å²) in [5.74, 6) is 0.436. The monoisotopic (exact) mass is 395 g/mol. The average Bonchev–Trinajstić information content (AvgIpc) is 2.25. The molecule has 0 bridgehead atoms. The molecule has 0 spiro atoms. The van der Waals surface area contributed by atoms with E-state index in [1.165, 1.54) is 0 Å². The summed E-state index contributed by atoms with van der Waals surface area (Å²) in [7, 11) is 0. The number of carbonyl (C=O) groups is 1. The van der Waals surface area contributed by atoms with Crippen molar-refractivity contribution in [3.05, 3.63) is 34.3 Å². The van der Waals surface area contributed by atoms with E-state index >= 15 is 0 Å². The maximum atomic E-state index is 12.0. The van der Waals surface area contributed by atoms with Crippen molar-refractivity contribution >= 4 is 44.4 Å². The molecule has 0 radical (unpaired) electrons. The predicted molar refractivity (Wildman–Crippen MR) is 79.1 cm³/mol. The summed E-state index contributed by atoms with van der Waals surface area (Å²) in [6, 6.07) is 7.70. The molecule has 0 aromatic heterocycles. The SMILES string of the molecule is CC(C)C(CI)NC(=O)c1ccccc1Br. The molecule has 4 heteroatoms. The minimum atomic E-state index is -0.0113. The normalized spacial score (nSPS) is 12.6. The van der Waals surface area contributed by atoms with E-state index in [1.54, 1.807) is 0 Å². The number of alkyl halides is 1. The van der Waals surface area contributed by atoms with Gasteiger partial charge in [0.2, 0.25) is 0 Å². The molecular formula is C12H15BrINO. The number of nitrogens with one attached hydrogen (secondary N) is 1. The minimum absolute atomic E-state index is 0.0113. The van der Waals surface area contributed by atoms with E-state index in [-0.39, 0.29) is 11.9 Å². The third kappa shape index (κ3) is 3.73. The second kappa shape index (κ2) is 6.59. The molecule has 0 heterocycles. The van der Waals surface area contributed by atoms with Gasteiger partial charge < -0.3 is 5.32 Å². The number of halogens is 2. The summed E-state index contributed by atoms with van der Waals surface area (Å²) in [4.78, 5) is 12.0. The van der Waals surface area contributed by atoms with Gasteiger partial charge in [-0.15, -0.1) is 0 Å². The van der Waals surface area contributed by atoms with Crippen molar-refractivity contribution < 1.29 is 4.79 Å². The largest absolute Gasteiger partial charge is 0.348 e. The number of amides is 1. The van der Waals surface area contributed by atoms with Crippen LogP contribution >= 0.6 is 38.5 Å². The van der Waals surface area contributed by atoms with Crippen LogP contribution in [0.5, 0.6) is 0 Å². The molecular weight excluding hydrogens is 381 g/mol. The summed E-state index contributed by atoms with van der Waals surface area (Å²) in [5.41, 5.74) is 0.693. The van der Waals surface area contributed by atoms with Gasteiger partial charge in [0, 0.05) is 14.9 Å². The fourth-order valence-electron chi connectivity index (χ4n) is 1.27. The van der Waals surface area contributed by atoms with Crippen LogP contribution in [0.4, 0.5) is 0 Å². The number of hydrogen-bond donors (Lipinski definition) is 1. The first kappa shape index (κ1) is 14.0. The van der Waals surface area contributed by atoms with Crippen LogP contribution in [-0.2, 0) is 0 Å². The summed E-state index contributed by atoms with van der Waals surface area (Å²) < 4.78 is 1.76. The Balaban J connectivity index is 2.76. The van der Waals surface area contributed by atoms with E-state index in [0.29, 0.717) is 11.5 Å². The molecule has 1 N–H and O–H groups in total. The van der Waals surface area contributed by atoms with E-state index in [2.05, 4.69) is 57.7 Å². The van der Waals surface area contributed by atoms with Crippen molar-refractivity contribution in [1.82, 2.24) is 5.32 Å². The molecule has 1 aromatic rings. The molecule has 1 unspecified atom stereocenters. The van der Waals surface area contributed by atoms with Crippen LogP contribution in [0.3, 0.4) is 0 Å². The fourth-order valence-corrected chi connectivity index (χ4v) is 2.98. The van der Waals surface area contributed by atoms with E-state index in [4.69, 9.17) is 0 Å². The second-order valence-electron chi connectivity index (χ2n) is 3.96. The lowest BCUT2D eigenvalue weighted by Gasteiger charge is -2.20. The van der Waals surface area contributed by atoms with Crippen molar-refractivity contribution in [2.24, 2.45) is 5.92 Å². The Labute approximate surface area is 118 Å². The van der Waals surface area contributed by atoms with Gasteiger partial charge in [-0.3, -0.25) is 4.79 Å². The molecule has 2 nitrogen and oxygen atoms in total. The van der Waals surface area contributed by atoms with Gasteiger partial charge in [-0.25, -0.2) is 0 Å². The average molecular weight is 396 g/mol. The molecule has 1 rings (SSSR count). The Kier molecular flexibility index (Phi) is 5.75. The molecule has 88 valence electrons. The van der Waals surface area contributed by atoms with Gasteiger partial charge in [-0.05, 0) is 34.0 Å². The van der Waals surface area contributed by atoms with E-state index in [1.807, 2.05) is 24.3 Å². The van der Waals surface area contributed by atoms with Gasteiger partial charge in [-0.2, -0.15) is 0 Å². The molecule has 0 aliphatic heterocycles. The highest BCUT2D eigenvalue weighted by molar-refractivity contribution is 14.1. The number of carbonyl (C=O) groups excluding carboxylic acids is 1. The van der Waals surface area contributed by atoms with Gasteiger partial charge in [0.25, 0.3) is 5.91 Å². The third-order valence-corrected chi connectivity index (χ3v) is 4.05. The van der Waals surface area contributed by atoms with Crippen LogP contribution in [0.1, 0.15) is 24.2 Å². The summed E-state index contributed by atoms with van der Waals surface area (Å²) in [5, 5.41) is 3.05. The van der Waals surface area contributed by atoms with Crippen LogP contribution in [0.15, 0.2) is 28.7 Å². The number of hydrogen-bond acceptors (Lipinski definition) is 1. The van der Waals surface area contributed by atoms with Crippen molar-refractivity contribution in [3.8, 4) is 0 Å². The molecule has 0 saturated heterocycles. The molecule has 1 amide bonds. The van der Waals surface area contributed by atoms with Crippen molar-refractivity contribution in [3.63, 3.8) is 0 Å². The van der Waals surface area contributed by atoms with Gasteiger partial charge in [-0.1, -0.05) is 48.6 Å². The first-order valence-corrected chi connectivity index (χ1v) is 7.49. The van der Waals surface area contributed by atoms with E-state index in [0.717, 1.165) is 8.90 Å². The summed E-state index contributed by atoms with van der Waals surface area (Å²) in [6.07, 6.45) is 0. The quantitative estimate of drug-likeness (QED) is 0.612. The van der Waals surface area contributed by atoms with Gasteiger partial charge in [0.15, 0.2) is 0 Å². The maximum absolute atomic E-state index is 12.0.